The Bertz CT molecular complexity index is 458. The number of aldehydes is 1. The van der Waals surface area contributed by atoms with E-state index >= 15 is 0 Å². The molecule has 68 valence electrons. The van der Waals surface area contributed by atoms with Gasteiger partial charge in [0.2, 0.25) is 5.82 Å². The number of aromatic amines is 1. The zero-order valence-corrected chi connectivity index (χ0v) is 6.36. The molecule has 0 spiro atoms. The molecule has 0 unspecified atom stereocenters. The van der Waals surface area contributed by atoms with Gasteiger partial charge in [-0.1, -0.05) is 0 Å². The van der Waals surface area contributed by atoms with E-state index in [1.54, 1.807) is 4.98 Å². The summed E-state index contributed by atoms with van der Waals surface area (Å²) in [6, 6.07) is 0. The summed E-state index contributed by atoms with van der Waals surface area (Å²) >= 11 is 0. The Morgan fingerprint density at radius 1 is 1.46 bits per heavy atom. The summed E-state index contributed by atoms with van der Waals surface area (Å²) in [4.78, 5) is 33.0. The van der Waals surface area contributed by atoms with Crippen LogP contribution in [0, 0.1) is 5.82 Å². The Morgan fingerprint density at radius 3 is 2.77 bits per heavy atom. The Labute approximate surface area is 71.1 Å². The van der Waals surface area contributed by atoms with E-state index in [0.29, 0.717) is 12.5 Å². The first-order valence-corrected chi connectivity index (χ1v) is 3.28. The highest BCUT2D eigenvalue weighted by molar-refractivity contribution is 5.69. The van der Waals surface area contributed by atoms with Gasteiger partial charge in [0, 0.05) is 6.20 Å². The van der Waals surface area contributed by atoms with E-state index in [0.717, 1.165) is 16.8 Å². The van der Waals surface area contributed by atoms with Crippen molar-refractivity contribution >= 4 is 12.5 Å². The Kier molecular flexibility index (Phi) is 2.53. The first-order chi connectivity index (χ1) is 6.15. The number of nitrogens with one attached hydrogen (secondary N) is 1. The van der Waals surface area contributed by atoms with Crippen molar-refractivity contribution in [2.45, 2.75) is 0 Å². The largest absolute Gasteiger partial charge is 0.332 e. The fourth-order valence-electron chi connectivity index (χ4n) is 0.699. The van der Waals surface area contributed by atoms with Gasteiger partial charge in [-0.25, -0.2) is 4.79 Å². The van der Waals surface area contributed by atoms with Crippen LogP contribution in [-0.4, -0.2) is 15.8 Å². The van der Waals surface area contributed by atoms with E-state index in [4.69, 9.17) is 0 Å². The van der Waals surface area contributed by atoms with Crippen LogP contribution in [0.25, 0.3) is 6.20 Å². The molecule has 0 saturated heterocycles. The highest BCUT2D eigenvalue weighted by Gasteiger charge is 1.99. The molecule has 0 fully saturated rings. The molecule has 13 heavy (non-hydrogen) atoms. The molecular weight excluding hydrogens is 179 g/mol. The lowest BCUT2D eigenvalue weighted by Crippen LogP contribution is -2.28. The van der Waals surface area contributed by atoms with Crippen molar-refractivity contribution in [3.05, 3.63) is 38.9 Å². The first kappa shape index (κ1) is 9.11. The van der Waals surface area contributed by atoms with E-state index in [2.05, 4.69) is 0 Å². The second-order valence-corrected chi connectivity index (χ2v) is 2.12. The molecule has 6 heteroatoms. The van der Waals surface area contributed by atoms with Crippen LogP contribution < -0.4 is 11.2 Å². The average molecular weight is 184 g/mol. The highest BCUT2D eigenvalue weighted by atomic mass is 19.1. The van der Waals surface area contributed by atoms with Crippen LogP contribution in [-0.2, 0) is 4.79 Å². The number of hydrogen-bond donors (Lipinski definition) is 1. The third-order valence-corrected chi connectivity index (χ3v) is 1.25. The SMILES string of the molecule is O=C/C=C/n1cc(F)c(=O)[nH]c1=O. The zero-order chi connectivity index (χ0) is 9.84. The van der Waals surface area contributed by atoms with Crippen LogP contribution in [0.2, 0.25) is 0 Å². The minimum absolute atomic E-state index is 0.426. The minimum Gasteiger partial charge on any atom is -0.299 e. The number of nitrogens with zero attached hydrogens (tertiary/aromatic N) is 1. The molecule has 0 aliphatic carbocycles. The van der Waals surface area contributed by atoms with Gasteiger partial charge in [-0.2, -0.15) is 4.39 Å². The molecule has 0 aromatic carbocycles. The molecule has 1 aromatic heterocycles. The number of carbonyl (C=O) groups is 1. The van der Waals surface area contributed by atoms with Crippen LogP contribution in [0.3, 0.4) is 0 Å². The summed E-state index contributed by atoms with van der Waals surface area (Å²) in [5, 5.41) is 0. The Morgan fingerprint density at radius 2 is 2.15 bits per heavy atom. The van der Waals surface area contributed by atoms with Crippen molar-refractivity contribution in [3.63, 3.8) is 0 Å². The molecule has 1 heterocycles. The zero-order valence-electron chi connectivity index (χ0n) is 6.36. The fourth-order valence-corrected chi connectivity index (χ4v) is 0.699. The summed E-state index contributed by atoms with van der Waals surface area (Å²) in [5.41, 5.74) is -1.88. The van der Waals surface area contributed by atoms with Crippen molar-refractivity contribution in [2.24, 2.45) is 0 Å². The predicted octanol–water partition coefficient (Wildman–Crippen LogP) is -0.655. The van der Waals surface area contributed by atoms with Gasteiger partial charge < -0.3 is 0 Å². The number of allylic oxidation sites excluding steroid dienone is 1. The number of carbonyl (C=O) groups excluding carboxylic acids is 1. The van der Waals surface area contributed by atoms with Crippen molar-refractivity contribution in [1.82, 2.24) is 9.55 Å². The van der Waals surface area contributed by atoms with Crippen LogP contribution >= 0.6 is 0 Å². The molecule has 1 aromatic rings. The summed E-state index contributed by atoms with van der Waals surface area (Å²) < 4.78 is 13.3. The third-order valence-electron chi connectivity index (χ3n) is 1.25. The quantitative estimate of drug-likeness (QED) is 0.490. The summed E-state index contributed by atoms with van der Waals surface area (Å²) in [6.07, 6.45) is 3.16. The van der Waals surface area contributed by atoms with Gasteiger partial charge in [-0.15, -0.1) is 0 Å². The van der Waals surface area contributed by atoms with Crippen molar-refractivity contribution in [3.8, 4) is 0 Å². The molecule has 0 aliphatic rings. The van der Waals surface area contributed by atoms with E-state index in [1.165, 1.54) is 0 Å². The van der Waals surface area contributed by atoms with Crippen LogP contribution in [0.1, 0.15) is 0 Å². The highest BCUT2D eigenvalue weighted by Crippen LogP contribution is 1.84. The second-order valence-electron chi connectivity index (χ2n) is 2.12. The number of aromatic nitrogens is 2. The normalized spacial score (nSPS) is 10.5. The maximum absolute atomic E-state index is 12.6. The molecule has 0 aliphatic heterocycles. The molecular formula is C7H5FN2O3. The molecule has 5 nitrogen and oxygen atoms in total. The van der Waals surface area contributed by atoms with E-state index in [1.807, 2.05) is 0 Å². The van der Waals surface area contributed by atoms with E-state index in [-0.39, 0.29) is 0 Å². The van der Waals surface area contributed by atoms with Crippen molar-refractivity contribution in [1.29, 1.82) is 0 Å². The smallest absolute Gasteiger partial charge is 0.299 e. The molecule has 0 amide bonds. The third kappa shape index (κ3) is 1.98. The van der Waals surface area contributed by atoms with Crippen LogP contribution in [0.5, 0.6) is 0 Å². The molecule has 0 atom stereocenters. The molecule has 0 bridgehead atoms. The van der Waals surface area contributed by atoms with Gasteiger partial charge in [0.25, 0.3) is 5.56 Å². The predicted molar refractivity (Wildman–Crippen MR) is 42.7 cm³/mol. The molecule has 1 N–H and O–H groups in total. The van der Waals surface area contributed by atoms with E-state index < -0.39 is 17.1 Å². The first-order valence-electron chi connectivity index (χ1n) is 3.28. The van der Waals surface area contributed by atoms with Gasteiger partial charge in [0.1, 0.15) is 6.29 Å². The summed E-state index contributed by atoms with van der Waals surface area (Å²) in [5.74, 6) is -1.09. The number of hydrogen-bond acceptors (Lipinski definition) is 3. The lowest BCUT2D eigenvalue weighted by atomic mass is 10.6. The van der Waals surface area contributed by atoms with Gasteiger partial charge in [-0.05, 0) is 6.08 Å². The summed E-state index contributed by atoms with van der Waals surface area (Å²) in [6.45, 7) is 0. The second kappa shape index (κ2) is 3.61. The van der Waals surface area contributed by atoms with Gasteiger partial charge >= 0.3 is 5.69 Å². The van der Waals surface area contributed by atoms with Gasteiger partial charge in [0.05, 0.1) is 6.20 Å². The molecule has 1 rings (SSSR count). The maximum Gasteiger partial charge on any atom is 0.332 e. The molecule has 0 radical (unpaired) electrons. The van der Waals surface area contributed by atoms with Gasteiger partial charge in [-0.3, -0.25) is 19.1 Å². The average Bonchev–Trinajstić information content (AvgIpc) is 2.09. The van der Waals surface area contributed by atoms with Crippen LogP contribution in [0.4, 0.5) is 4.39 Å². The Balaban J connectivity index is 3.32. The maximum atomic E-state index is 12.6. The minimum atomic E-state index is -1.09. The lowest BCUT2D eigenvalue weighted by molar-refractivity contribution is -0.104. The fraction of sp³-hybridized carbons (Fsp3) is 0. The number of H-pyrrole nitrogens is 1. The monoisotopic (exact) mass is 184 g/mol. The van der Waals surface area contributed by atoms with Crippen molar-refractivity contribution < 1.29 is 9.18 Å². The van der Waals surface area contributed by atoms with E-state index in [9.17, 15) is 18.8 Å². The lowest BCUT2D eigenvalue weighted by Gasteiger charge is -1.94. The van der Waals surface area contributed by atoms with Gasteiger partial charge in [0.15, 0.2) is 0 Å². The summed E-state index contributed by atoms with van der Waals surface area (Å²) in [7, 11) is 0. The van der Waals surface area contributed by atoms with Crippen LogP contribution in [0.15, 0.2) is 21.9 Å². The standard InChI is InChI=1S/C7H5FN2O3/c8-5-4-10(2-1-3-11)7(13)9-6(5)12/h1-4H,(H,9,12,13)/b2-1+. The Hall–Kier alpha value is -1.98. The number of halogens is 1. The topological polar surface area (TPSA) is 71.9 Å². The van der Waals surface area contributed by atoms with Crippen molar-refractivity contribution in [2.75, 3.05) is 0 Å². The molecule has 0 saturated carbocycles. The number of rotatable bonds is 2.